The van der Waals surface area contributed by atoms with Crippen LogP contribution in [-0.4, -0.2) is 42.6 Å². The van der Waals surface area contributed by atoms with Crippen molar-refractivity contribution in [2.45, 2.75) is 58.2 Å². The maximum Gasteiger partial charge on any atom is 0.344 e. The van der Waals surface area contributed by atoms with Crippen molar-refractivity contribution in [3.8, 4) is 11.8 Å². The number of aryl methyl sites for hydroxylation is 1. The lowest BCUT2D eigenvalue weighted by Crippen LogP contribution is -2.58. The molecule has 156 valence electrons. The van der Waals surface area contributed by atoms with Crippen molar-refractivity contribution in [1.82, 2.24) is 19.8 Å². The van der Waals surface area contributed by atoms with Crippen molar-refractivity contribution in [3.05, 3.63) is 47.7 Å². The van der Waals surface area contributed by atoms with Crippen LogP contribution < -0.4 is 4.74 Å². The van der Waals surface area contributed by atoms with Gasteiger partial charge in [-0.25, -0.2) is 0 Å². The predicted molar refractivity (Wildman–Crippen MR) is 109 cm³/mol. The molecule has 8 nitrogen and oxygen atoms in total. The number of aromatic nitrogens is 4. The van der Waals surface area contributed by atoms with E-state index in [0.29, 0.717) is 23.4 Å². The lowest BCUT2D eigenvalue weighted by Gasteiger charge is -2.43. The smallest absolute Gasteiger partial charge is 0.344 e. The molecule has 1 aliphatic heterocycles. The van der Waals surface area contributed by atoms with E-state index in [2.05, 4.69) is 15.3 Å². The standard InChI is InChI=1S/C22H24N4O4/c1-6-13-9-10-14(29-20-25-24-16-8-7-11-23-26(16)20)12-15(13)17-18(27)21(2,3)30-22(4,5)19(17)28/h7-12,17H,6H2,1-5H3. The number of Topliss-reactive ketones (excluding diaryl/α,β-unsaturated/α-hetero) is 2. The number of benzene rings is 1. The van der Waals surface area contributed by atoms with Crippen LogP contribution in [0.25, 0.3) is 5.65 Å². The summed E-state index contributed by atoms with van der Waals surface area (Å²) in [7, 11) is 0. The van der Waals surface area contributed by atoms with Gasteiger partial charge in [0.2, 0.25) is 0 Å². The largest absolute Gasteiger partial charge is 0.423 e. The lowest BCUT2D eigenvalue weighted by molar-refractivity contribution is -0.184. The van der Waals surface area contributed by atoms with Crippen LogP contribution in [-0.2, 0) is 20.7 Å². The number of ketones is 2. The molecule has 3 heterocycles. The zero-order valence-corrected chi connectivity index (χ0v) is 17.7. The average Bonchev–Trinajstić information content (AvgIpc) is 3.09. The van der Waals surface area contributed by atoms with Gasteiger partial charge in [0.1, 0.15) is 22.9 Å². The van der Waals surface area contributed by atoms with Crippen LogP contribution in [0.5, 0.6) is 11.8 Å². The molecule has 0 radical (unpaired) electrons. The van der Waals surface area contributed by atoms with Crippen LogP contribution in [0, 0.1) is 0 Å². The minimum Gasteiger partial charge on any atom is -0.423 e. The van der Waals surface area contributed by atoms with Gasteiger partial charge >= 0.3 is 6.01 Å². The Morgan fingerprint density at radius 1 is 1.07 bits per heavy atom. The molecule has 0 saturated carbocycles. The highest BCUT2D eigenvalue weighted by molar-refractivity contribution is 6.15. The number of carbonyl (C=O) groups is 2. The number of carbonyl (C=O) groups excluding carboxylic acids is 2. The molecule has 0 atom stereocenters. The molecule has 2 aromatic heterocycles. The highest BCUT2D eigenvalue weighted by Gasteiger charge is 2.53. The van der Waals surface area contributed by atoms with E-state index in [1.54, 1.807) is 58.2 Å². The van der Waals surface area contributed by atoms with Crippen molar-refractivity contribution in [2.24, 2.45) is 0 Å². The Labute approximate surface area is 174 Å². The minimum absolute atomic E-state index is 0.200. The molecule has 1 saturated heterocycles. The second-order valence-corrected chi connectivity index (χ2v) is 8.38. The molecule has 0 aliphatic carbocycles. The Kier molecular flexibility index (Phi) is 4.69. The SMILES string of the molecule is CCc1ccc(Oc2nnc3cccnn23)cc1C1C(=O)C(C)(C)OC(C)(C)C1=O. The quantitative estimate of drug-likeness (QED) is 0.611. The van der Waals surface area contributed by atoms with Crippen molar-refractivity contribution in [2.75, 3.05) is 0 Å². The summed E-state index contributed by atoms with van der Waals surface area (Å²) < 4.78 is 13.2. The fourth-order valence-electron chi connectivity index (χ4n) is 3.95. The van der Waals surface area contributed by atoms with Crippen LogP contribution in [0.3, 0.4) is 0 Å². The summed E-state index contributed by atoms with van der Waals surface area (Å²) in [5.74, 6) is -0.984. The van der Waals surface area contributed by atoms with Crippen LogP contribution in [0.2, 0.25) is 0 Å². The van der Waals surface area contributed by atoms with Gasteiger partial charge in [-0.1, -0.05) is 18.1 Å². The number of nitrogens with zero attached hydrogens (tertiary/aromatic N) is 4. The number of rotatable bonds is 4. The summed E-state index contributed by atoms with van der Waals surface area (Å²) in [6.07, 6.45) is 2.28. The normalized spacial score (nSPS) is 18.7. The van der Waals surface area contributed by atoms with Gasteiger partial charge in [-0.05, 0) is 69.5 Å². The van der Waals surface area contributed by atoms with Gasteiger partial charge in [0, 0.05) is 6.20 Å². The van der Waals surface area contributed by atoms with Gasteiger partial charge < -0.3 is 9.47 Å². The third kappa shape index (κ3) is 3.27. The van der Waals surface area contributed by atoms with Gasteiger partial charge in [-0.15, -0.1) is 5.10 Å². The third-order valence-corrected chi connectivity index (χ3v) is 5.39. The molecule has 0 unspecified atom stereocenters. The van der Waals surface area contributed by atoms with Gasteiger partial charge in [0.15, 0.2) is 17.2 Å². The van der Waals surface area contributed by atoms with Crippen molar-refractivity contribution >= 4 is 17.2 Å². The van der Waals surface area contributed by atoms with Crippen LogP contribution in [0.4, 0.5) is 0 Å². The van der Waals surface area contributed by atoms with E-state index < -0.39 is 17.1 Å². The van der Waals surface area contributed by atoms with E-state index in [-0.39, 0.29) is 17.6 Å². The summed E-state index contributed by atoms with van der Waals surface area (Å²) in [4.78, 5) is 26.4. The first kappa shape index (κ1) is 20.2. The number of hydrogen-bond donors (Lipinski definition) is 0. The van der Waals surface area contributed by atoms with Crippen LogP contribution in [0.1, 0.15) is 51.7 Å². The molecule has 8 heteroatoms. The number of ether oxygens (including phenoxy) is 2. The van der Waals surface area contributed by atoms with Gasteiger partial charge in [-0.3, -0.25) is 9.59 Å². The average molecular weight is 408 g/mol. The monoisotopic (exact) mass is 408 g/mol. The van der Waals surface area contributed by atoms with Gasteiger partial charge in [0.25, 0.3) is 0 Å². The molecule has 1 aromatic carbocycles. The van der Waals surface area contributed by atoms with E-state index in [1.807, 2.05) is 13.0 Å². The molecule has 30 heavy (non-hydrogen) atoms. The minimum atomic E-state index is -1.07. The number of fused-ring (bicyclic) bond motifs is 1. The van der Waals surface area contributed by atoms with E-state index in [0.717, 1.165) is 5.56 Å². The Bertz CT molecular complexity index is 1120. The van der Waals surface area contributed by atoms with E-state index in [1.165, 1.54) is 4.52 Å². The molecule has 0 bridgehead atoms. The summed E-state index contributed by atoms with van der Waals surface area (Å²) >= 11 is 0. The molecule has 0 N–H and O–H groups in total. The Morgan fingerprint density at radius 3 is 2.43 bits per heavy atom. The summed E-state index contributed by atoms with van der Waals surface area (Å²) in [5.41, 5.74) is -0.0482. The zero-order chi connectivity index (χ0) is 21.7. The predicted octanol–water partition coefficient (Wildman–Crippen LogP) is 3.29. The molecule has 1 aliphatic rings. The highest BCUT2D eigenvalue weighted by atomic mass is 16.5. The second kappa shape index (κ2) is 6.98. The fraction of sp³-hybridized carbons (Fsp3) is 0.409. The van der Waals surface area contributed by atoms with Crippen LogP contribution >= 0.6 is 0 Å². The van der Waals surface area contributed by atoms with Crippen molar-refractivity contribution in [1.29, 1.82) is 0 Å². The summed E-state index contributed by atoms with van der Waals surface area (Å²) in [5, 5.41) is 12.2. The second-order valence-electron chi connectivity index (χ2n) is 8.38. The summed E-state index contributed by atoms with van der Waals surface area (Å²) in [6.45, 7) is 8.81. The first-order valence-electron chi connectivity index (χ1n) is 9.90. The van der Waals surface area contributed by atoms with Crippen molar-refractivity contribution < 1.29 is 19.1 Å². The molecule has 4 rings (SSSR count). The Morgan fingerprint density at radius 2 is 1.77 bits per heavy atom. The van der Waals surface area contributed by atoms with E-state index >= 15 is 0 Å². The first-order valence-corrected chi connectivity index (χ1v) is 9.90. The van der Waals surface area contributed by atoms with Gasteiger partial charge in [-0.2, -0.15) is 9.61 Å². The van der Waals surface area contributed by atoms with E-state index in [9.17, 15) is 9.59 Å². The topological polar surface area (TPSA) is 95.7 Å². The molecular weight excluding hydrogens is 384 g/mol. The molecule has 1 fully saturated rings. The molecule has 0 amide bonds. The van der Waals surface area contributed by atoms with Crippen molar-refractivity contribution in [3.63, 3.8) is 0 Å². The van der Waals surface area contributed by atoms with E-state index in [4.69, 9.17) is 9.47 Å². The maximum absolute atomic E-state index is 13.2. The maximum atomic E-state index is 13.2. The summed E-state index contributed by atoms with van der Waals surface area (Å²) in [6, 6.07) is 9.12. The third-order valence-electron chi connectivity index (χ3n) is 5.39. The fourth-order valence-corrected chi connectivity index (χ4v) is 3.95. The zero-order valence-electron chi connectivity index (χ0n) is 17.7. The molecule has 3 aromatic rings. The highest BCUT2D eigenvalue weighted by Crippen LogP contribution is 2.40. The molecule has 0 spiro atoms. The Hall–Kier alpha value is -3.13. The van der Waals surface area contributed by atoms with Crippen LogP contribution in [0.15, 0.2) is 36.5 Å². The molecular formula is C22H24N4O4. The lowest BCUT2D eigenvalue weighted by atomic mass is 9.73. The Balaban J connectivity index is 1.78. The number of hydrogen-bond acceptors (Lipinski definition) is 7. The van der Waals surface area contributed by atoms with Gasteiger partial charge in [0.05, 0.1) is 0 Å². The first-order chi connectivity index (χ1) is 14.1.